The molecular formula is C28H24F3N3O5S. The quantitative estimate of drug-likeness (QED) is 0.221. The summed E-state index contributed by atoms with van der Waals surface area (Å²) in [6.07, 6.45) is 0.148. The van der Waals surface area contributed by atoms with Crippen LogP contribution in [0.1, 0.15) is 19.0 Å². The van der Waals surface area contributed by atoms with Gasteiger partial charge in [-0.25, -0.2) is 9.97 Å². The molecular weight excluding hydrogens is 547 g/mol. The Morgan fingerprint density at radius 3 is 1.93 bits per heavy atom. The molecule has 0 fully saturated rings. The van der Waals surface area contributed by atoms with E-state index in [1.165, 1.54) is 16.9 Å². The number of nitrogens with one attached hydrogen (secondary N) is 1. The van der Waals surface area contributed by atoms with Crippen LogP contribution in [0.5, 0.6) is 11.6 Å². The number of hydrogen-bond acceptors (Lipinski definition) is 7. The van der Waals surface area contributed by atoms with Crippen LogP contribution >= 0.6 is 0 Å². The van der Waals surface area contributed by atoms with Gasteiger partial charge in [-0.15, -0.1) is 0 Å². The van der Waals surface area contributed by atoms with Crippen LogP contribution in [-0.4, -0.2) is 36.5 Å². The number of hydrogen-bond donors (Lipinski definition) is 1. The fourth-order valence-corrected chi connectivity index (χ4v) is 4.23. The smallest absolute Gasteiger partial charge is 0.466 e. The maximum absolute atomic E-state index is 12.7. The van der Waals surface area contributed by atoms with Crippen LogP contribution in [0.3, 0.4) is 0 Å². The zero-order chi connectivity index (χ0) is 28.8. The van der Waals surface area contributed by atoms with Crippen molar-refractivity contribution < 1.29 is 35.9 Å². The number of carbonyl (C=O) groups excluding carboxylic acids is 1. The van der Waals surface area contributed by atoms with Gasteiger partial charge in [0.2, 0.25) is 5.88 Å². The summed E-state index contributed by atoms with van der Waals surface area (Å²) in [5.74, 6) is -0.190. The number of sulfonamides is 1. The molecule has 0 atom stereocenters. The Hall–Kier alpha value is -4.45. The van der Waals surface area contributed by atoms with Crippen LogP contribution < -0.4 is 9.46 Å². The van der Waals surface area contributed by atoms with Gasteiger partial charge in [0.05, 0.1) is 18.7 Å². The van der Waals surface area contributed by atoms with Crippen LogP contribution in [0, 0.1) is 0 Å². The Balaban J connectivity index is 1.74. The molecule has 4 rings (SSSR count). The number of ether oxygens (including phenoxy) is 2. The van der Waals surface area contributed by atoms with Gasteiger partial charge in [-0.3, -0.25) is 9.52 Å². The predicted octanol–water partition coefficient (Wildman–Crippen LogP) is 6.36. The fraction of sp³-hybridized carbons (Fsp3) is 0.179. The van der Waals surface area contributed by atoms with E-state index in [1.54, 1.807) is 6.92 Å². The molecule has 3 aromatic carbocycles. The minimum Gasteiger partial charge on any atom is -0.466 e. The van der Waals surface area contributed by atoms with Gasteiger partial charge >= 0.3 is 21.5 Å². The summed E-state index contributed by atoms with van der Waals surface area (Å²) in [6, 6.07) is 23.5. The second-order valence-electron chi connectivity index (χ2n) is 8.39. The Morgan fingerprint density at radius 1 is 0.850 bits per heavy atom. The molecule has 0 radical (unpaired) electrons. The lowest BCUT2D eigenvalue weighted by molar-refractivity contribution is -0.143. The first-order chi connectivity index (χ1) is 19.1. The molecule has 0 bridgehead atoms. The summed E-state index contributed by atoms with van der Waals surface area (Å²) in [4.78, 5) is 21.7. The average Bonchev–Trinajstić information content (AvgIpc) is 2.93. The van der Waals surface area contributed by atoms with E-state index in [-0.39, 0.29) is 36.8 Å². The van der Waals surface area contributed by atoms with Crippen molar-refractivity contribution in [1.29, 1.82) is 0 Å². The first-order valence-corrected chi connectivity index (χ1v) is 13.6. The van der Waals surface area contributed by atoms with Crippen LogP contribution in [0.25, 0.3) is 22.5 Å². The van der Waals surface area contributed by atoms with E-state index >= 15 is 0 Å². The monoisotopic (exact) mass is 571 g/mol. The molecule has 4 aromatic rings. The maximum atomic E-state index is 12.7. The first-order valence-electron chi connectivity index (χ1n) is 12.1. The molecule has 0 aliphatic rings. The van der Waals surface area contributed by atoms with Crippen LogP contribution in [0.2, 0.25) is 0 Å². The van der Waals surface area contributed by atoms with Gasteiger partial charge < -0.3 is 9.47 Å². The first kappa shape index (κ1) is 28.6. The standard InChI is InChI=1S/C28H24F3N3O5S/c1-2-38-24(35)18-17-23-27(39-22-15-13-21(14-16-22)34-40(36,37)28(29,30)31)33-26(20-11-7-4-8-12-20)25(32-23)19-9-5-3-6-10-19/h3-16,34H,2,17-18H2,1H3. The topological polar surface area (TPSA) is 107 Å². The molecule has 1 N–H and O–H groups in total. The van der Waals surface area contributed by atoms with Gasteiger partial charge in [-0.1, -0.05) is 60.7 Å². The highest BCUT2D eigenvalue weighted by atomic mass is 32.2. The fourth-order valence-electron chi connectivity index (χ4n) is 3.66. The molecule has 0 amide bonds. The van der Waals surface area contributed by atoms with Crippen LogP contribution in [-0.2, 0) is 26.0 Å². The highest BCUT2D eigenvalue weighted by Crippen LogP contribution is 2.35. The normalized spacial score (nSPS) is 11.6. The van der Waals surface area contributed by atoms with Crippen molar-refractivity contribution in [3.8, 4) is 34.1 Å². The van der Waals surface area contributed by atoms with E-state index < -0.39 is 21.5 Å². The molecule has 208 valence electrons. The number of benzene rings is 3. The number of carbonyl (C=O) groups is 1. The van der Waals surface area contributed by atoms with E-state index in [0.29, 0.717) is 17.1 Å². The van der Waals surface area contributed by atoms with Gasteiger partial charge in [0.15, 0.2) is 0 Å². The molecule has 8 nitrogen and oxygen atoms in total. The third-order valence-electron chi connectivity index (χ3n) is 5.52. The highest BCUT2D eigenvalue weighted by molar-refractivity contribution is 7.93. The second kappa shape index (κ2) is 12.2. The summed E-state index contributed by atoms with van der Waals surface area (Å²) >= 11 is 0. The van der Waals surface area contributed by atoms with Crippen molar-refractivity contribution in [1.82, 2.24) is 9.97 Å². The van der Waals surface area contributed by atoms with Crippen molar-refractivity contribution in [3.63, 3.8) is 0 Å². The molecule has 12 heteroatoms. The third-order valence-corrected chi connectivity index (χ3v) is 6.64. The van der Waals surface area contributed by atoms with Crippen molar-refractivity contribution in [2.45, 2.75) is 25.3 Å². The SMILES string of the molecule is CCOC(=O)CCc1nc(-c2ccccc2)c(-c2ccccc2)nc1Oc1ccc(NS(=O)(=O)C(F)(F)F)cc1. The summed E-state index contributed by atoms with van der Waals surface area (Å²) in [5.41, 5.74) is -2.78. The molecule has 0 unspecified atom stereocenters. The van der Waals surface area contributed by atoms with Gasteiger partial charge in [0, 0.05) is 23.2 Å². The number of nitrogens with zero attached hydrogens (tertiary/aromatic N) is 2. The number of rotatable bonds is 10. The number of alkyl halides is 3. The Bertz CT molecular complexity index is 1570. The van der Waals surface area contributed by atoms with E-state index in [1.807, 2.05) is 60.7 Å². The van der Waals surface area contributed by atoms with Gasteiger partial charge in [-0.2, -0.15) is 21.6 Å². The molecule has 0 aliphatic carbocycles. The lowest BCUT2D eigenvalue weighted by Gasteiger charge is -2.16. The summed E-state index contributed by atoms with van der Waals surface area (Å²) in [7, 11) is -5.57. The summed E-state index contributed by atoms with van der Waals surface area (Å²) in [6.45, 7) is 1.92. The third kappa shape index (κ3) is 6.94. The average molecular weight is 572 g/mol. The Labute approximate surface area is 228 Å². The number of aromatic nitrogens is 2. The van der Waals surface area contributed by atoms with Gasteiger partial charge in [0.1, 0.15) is 17.1 Å². The molecule has 1 heterocycles. The van der Waals surface area contributed by atoms with E-state index in [0.717, 1.165) is 23.3 Å². The number of esters is 1. The van der Waals surface area contributed by atoms with Crippen LogP contribution in [0.15, 0.2) is 84.9 Å². The lowest BCUT2D eigenvalue weighted by Crippen LogP contribution is -2.29. The summed E-state index contributed by atoms with van der Waals surface area (Å²) < 4.78 is 73.5. The number of anilines is 1. The van der Waals surface area contributed by atoms with Crippen molar-refractivity contribution in [2.75, 3.05) is 11.3 Å². The van der Waals surface area contributed by atoms with Gasteiger partial charge in [0.25, 0.3) is 0 Å². The number of aryl methyl sites for hydroxylation is 1. The predicted molar refractivity (Wildman–Crippen MR) is 143 cm³/mol. The minimum atomic E-state index is -5.57. The highest BCUT2D eigenvalue weighted by Gasteiger charge is 2.46. The largest absolute Gasteiger partial charge is 0.516 e. The van der Waals surface area contributed by atoms with Crippen molar-refractivity contribution >= 4 is 21.7 Å². The maximum Gasteiger partial charge on any atom is 0.516 e. The molecule has 40 heavy (non-hydrogen) atoms. The van der Waals surface area contributed by atoms with Crippen LogP contribution in [0.4, 0.5) is 18.9 Å². The Morgan fingerprint density at radius 2 is 1.40 bits per heavy atom. The van der Waals surface area contributed by atoms with Crippen molar-refractivity contribution in [3.05, 3.63) is 90.6 Å². The van der Waals surface area contributed by atoms with E-state index in [2.05, 4.69) is 0 Å². The molecule has 0 aliphatic heterocycles. The van der Waals surface area contributed by atoms with Crippen molar-refractivity contribution in [2.24, 2.45) is 0 Å². The van der Waals surface area contributed by atoms with Gasteiger partial charge in [-0.05, 0) is 31.2 Å². The second-order valence-corrected chi connectivity index (χ2v) is 10.1. The lowest BCUT2D eigenvalue weighted by atomic mass is 10.0. The molecule has 1 aromatic heterocycles. The summed E-state index contributed by atoms with van der Waals surface area (Å²) in [5, 5.41) is 0. The minimum absolute atomic E-state index is 0.00987. The zero-order valence-electron chi connectivity index (χ0n) is 21.2. The zero-order valence-corrected chi connectivity index (χ0v) is 22.0. The number of halogens is 3. The van der Waals surface area contributed by atoms with E-state index in [4.69, 9.17) is 19.4 Å². The molecule has 0 saturated heterocycles. The van der Waals surface area contributed by atoms with E-state index in [9.17, 15) is 26.4 Å². The molecule has 0 spiro atoms. The molecule has 0 saturated carbocycles. The Kier molecular flexibility index (Phi) is 8.68.